The van der Waals surface area contributed by atoms with Crippen molar-refractivity contribution in [3.05, 3.63) is 59.7 Å². The van der Waals surface area contributed by atoms with Crippen LogP contribution < -0.4 is 9.47 Å². The third kappa shape index (κ3) is 5.85. The first-order valence-electron chi connectivity index (χ1n) is 8.12. The summed E-state index contributed by atoms with van der Waals surface area (Å²) >= 11 is 0. The summed E-state index contributed by atoms with van der Waals surface area (Å²) in [4.78, 5) is 13.8. The van der Waals surface area contributed by atoms with E-state index in [0.29, 0.717) is 31.6 Å². The number of methoxy groups -OCH3 is 1. The molecule has 0 spiro atoms. The second-order valence-corrected chi connectivity index (χ2v) is 5.65. The fourth-order valence-electron chi connectivity index (χ4n) is 2.29. The summed E-state index contributed by atoms with van der Waals surface area (Å²) in [7, 11) is 3.40. The highest BCUT2D eigenvalue weighted by Crippen LogP contribution is 2.16. The molecule has 0 aliphatic rings. The summed E-state index contributed by atoms with van der Waals surface area (Å²) in [5.74, 6) is 1.60. The minimum atomic E-state index is 0.0719. The Balaban J connectivity index is 1.71. The lowest BCUT2D eigenvalue weighted by molar-refractivity contribution is -0.130. The standard InChI is InChI=1S/C20H22N2O3/c1-22(13-14-25-19-10-8-18(24-2)9-11-19)20(23)12-7-16-3-5-17(15-21)6-4-16/h3-6,8-11H,7,12-14H2,1-2H3. The number of carbonyl (C=O) groups excluding carboxylic acids is 1. The molecule has 0 unspecified atom stereocenters. The Bertz CT molecular complexity index is 718. The Morgan fingerprint density at radius 2 is 1.72 bits per heavy atom. The molecular formula is C20H22N2O3. The van der Waals surface area contributed by atoms with Crippen LogP contribution in [0.5, 0.6) is 11.5 Å². The Labute approximate surface area is 148 Å². The molecule has 2 rings (SSSR count). The van der Waals surface area contributed by atoms with Crippen molar-refractivity contribution in [1.29, 1.82) is 5.26 Å². The highest BCUT2D eigenvalue weighted by Gasteiger charge is 2.09. The van der Waals surface area contributed by atoms with Crippen molar-refractivity contribution in [3.8, 4) is 17.6 Å². The van der Waals surface area contributed by atoms with E-state index in [0.717, 1.165) is 17.1 Å². The molecule has 0 aliphatic carbocycles. The van der Waals surface area contributed by atoms with Crippen LogP contribution >= 0.6 is 0 Å². The zero-order chi connectivity index (χ0) is 18.1. The molecule has 0 atom stereocenters. The third-order valence-electron chi connectivity index (χ3n) is 3.89. The largest absolute Gasteiger partial charge is 0.497 e. The third-order valence-corrected chi connectivity index (χ3v) is 3.89. The Kier molecular flexibility index (Phi) is 6.85. The van der Waals surface area contributed by atoms with Crippen LogP contribution in [0.25, 0.3) is 0 Å². The molecule has 0 fully saturated rings. The molecule has 1 amide bonds. The molecule has 0 aromatic heterocycles. The fourth-order valence-corrected chi connectivity index (χ4v) is 2.29. The van der Waals surface area contributed by atoms with Gasteiger partial charge < -0.3 is 14.4 Å². The highest BCUT2D eigenvalue weighted by molar-refractivity contribution is 5.76. The van der Waals surface area contributed by atoms with Crippen LogP contribution in [0.15, 0.2) is 48.5 Å². The van der Waals surface area contributed by atoms with Gasteiger partial charge in [-0.2, -0.15) is 5.26 Å². The number of likely N-dealkylation sites (N-methyl/N-ethyl adjacent to an activating group) is 1. The van der Waals surface area contributed by atoms with E-state index in [1.807, 2.05) is 36.4 Å². The summed E-state index contributed by atoms with van der Waals surface area (Å²) in [6.07, 6.45) is 1.10. The molecule has 130 valence electrons. The molecule has 0 bridgehead atoms. The Morgan fingerprint density at radius 1 is 1.08 bits per heavy atom. The average molecular weight is 338 g/mol. The van der Waals surface area contributed by atoms with Gasteiger partial charge in [0.15, 0.2) is 0 Å². The van der Waals surface area contributed by atoms with Crippen LogP contribution in [0.1, 0.15) is 17.5 Å². The van der Waals surface area contributed by atoms with Crippen molar-refractivity contribution in [1.82, 2.24) is 4.90 Å². The van der Waals surface area contributed by atoms with Gasteiger partial charge in [-0.15, -0.1) is 0 Å². The number of rotatable bonds is 8. The van der Waals surface area contributed by atoms with E-state index in [1.165, 1.54) is 0 Å². The topological polar surface area (TPSA) is 62.6 Å². The predicted octanol–water partition coefficient (Wildman–Crippen LogP) is 3.04. The number of carbonyl (C=O) groups is 1. The number of benzene rings is 2. The molecule has 2 aromatic carbocycles. The molecule has 5 heteroatoms. The Hall–Kier alpha value is -3.00. The minimum absolute atomic E-state index is 0.0719. The Morgan fingerprint density at radius 3 is 2.32 bits per heavy atom. The van der Waals surface area contributed by atoms with Gasteiger partial charge in [0.2, 0.25) is 5.91 Å². The first-order valence-corrected chi connectivity index (χ1v) is 8.12. The van der Waals surface area contributed by atoms with Crippen molar-refractivity contribution in [2.75, 3.05) is 27.3 Å². The SMILES string of the molecule is COc1ccc(OCCN(C)C(=O)CCc2ccc(C#N)cc2)cc1. The van der Waals surface area contributed by atoms with Crippen LogP contribution in [0.4, 0.5) is 0 Å². The zero-order valence-electron chi connectivity index (χ0n) is 14.6. The first-order chi connectivity index (χ1) is 12.1. The molecule has 5 nitrogen and oxygen atoms in total. The molecular weight excluding hydrogens is 316 g/mol. The quantitative estimate of drug-likeness (QED) is 0.742. The molecule has 0 saturated carbocycles. The van der Waals surface area contributed by atoms with Crippen LogP contribution in [0.2, 0.25) is 0 Å². The van der Waals surface area contributed by atoms with Crippen molar-refractivity contribution in [2.24, 2.45) is 0 Å². The van der Waals surface area contributed by atoms with Gasteiger partial charge in [-0.1, -0.05) is 12.1 Å². The summed E-state index contributed by atoms with van der Waals surface area (Å²) in [5, 5.41) is 8.78. The van der Waals surface area contributed by atoms with E-state index < -0.39 is 0 Å². The molecule has 0 radical (unpaired) electrons. The number of ether oxygens (including phenoxy) is 2. The van der Waals surface area contributed by atoms with Gasteiger partial charge in [0.05, 0.1) is 25.3 Å². The smallest absolute Gasteiger partial charge is 0.222 e. The van der Waals surface area contributed by atoms with E-state index in [-0.39, 0.29) is 5.91 Å². The van der Waals surface area contributed by atoms with Gasteiger partial charge in [0, 0.05) is 13.5 Å². The van der Waals surface area contributed by atoms with Crippen LogP contribution in [0.3, 0.4) is 0 Å². The zero-order valence-corrected chi connectivity index (χ0v) is 14.6. The van der Waals surface area contributed by atoms with E-state index in [4.69, 9.17) is 14.7 Å². The summed E-state index contributed by atoms with van der Waals surface area (Å²) in [5.41, 5.74) is 1.68. The summed E-state index contributed by atoms with van der Waals surface area (Å²) in [6, 6.07) is 16.7. The van der Waals surface area contributed by atoms with Gasteiger partial charge in [-0.25, -0.2) is 0 Å². The lowest BCUT2D eigenvalue weighted by Gasteiger charge is -2.17. The molecule has 0 aliphatic heterocycles. The second-order valence-electron chi connectivity index (χ2n) is 5.65. The number of amides is 1. The fraction of sp³-hybridized carbons (Fsp3) is 0.300. The van der Waals surface area contributed by atoms with Crippen LogP contribution in [0, 0.1) is 11.3 Å². The van der Waals surface area contributed by atoms with Crippen LogP contribution in [-0.2, 0) is 11.2 Å². The van der Waals surface area contributed by atoms with Gasteiger partial charge >= 0.3 is 0 Å². The van der Waals surface area contributed by atoms with Gasteiger partial charge in [-0.05, 0) is 48.4 Å². The van der Waals surface area contributed by atoms with Gasteiger partial charge in [0.25, 0.3) is 0 Å². The van der Waals surface area contributed by atoms with E-state index >= 15 is 0 Å². The molecule has 0 N–H and O–H groups in total. The molecule has 25 heavy (non-hydrogen) atoms. The number of hydrogen-bond donors (Lipinski definition) is 0. The van der Waals surface area contributed by atoms with Gasteiger partial charge in [-0.3, -0.25) is 4.79 Å². The van der Waals surface area contributed by atoms with Crippen molar-refractivity contribution in [2.45, 2.75) is 12.8 Å². The highest BCUT2D eigenvalue weighted by atomic mass is 16.5. The maximum Gasteiger partial charge on any atom is 0.222 e. The minimum Gasteiger partial charge on any atom is -0.497 e. The summed E-state index contributed by atoms with van der Waals surface area (Å²) < 4.78 is 10.7. The summed E-state index contributed by atoms with van der Waals surface area (Å²) in [6.45, 7) is 0.962. The predicted molar refractivity (Wildman–Crippen MR) is 95.6 cm³/mol. The number of hydrogen-bond acceptors (Lipinski definition) is 4. The maximum atomic E-state index is 12.2. The van der Waals surface area contributed by atoms with E-state index in [2.05, 4.69) is 6.07 Å². The lowest BCUT2D eigenvalue weighted by Crippen LogP contribution is -2.31. The van der Waals surface area contributed by atoms with E-state index in [1.54, 1.807) is 31.2 Å². The lowest BCUT2D eigenvalue weighted by atomic mass is 10.1. The number of nitriles is 1. The second kappa shape index (κ2) is 9.33. The van der Waals surface area contributed by atoms with Gasteiger partial charge in [0.1, 0.15) is 18.1 Å². The monoisotopic (exact) mass is 338 g/mol. The first kappa shape index (κ1) is 18.3. The van der Waals surface area contributed by atoms with Crippen molar-refractivity contribution in [3.63, 3.8) is 0 Å². The van der Waals surface area contributed by atoms with Crippen molar-refractivity contribution >= 4 is 5.91 Å². The van der Waals surface area contributed by atoms with E-state index in [9.17, 15) is 4.79 Å². The number of nitrogens with zero attached hydrogens (tertiary/aromatic N) is 2. The normalized spacial score (nSPS) is 9.96. The molecule has 0 heterocycles. The maximum absolute atomic E-state index is 12.2. The molecule has 2 aromatic rings. The van der Waals surface area contributed by atoms with Crippen LogP contribution in [-0.4, -0.2) is 38.1 Å². The molecule has 0 saturated heterocycles. The average Bonchev–Trinajstić information content (AvgIpc) is 2.66. The number of aryl methyl sites for hydroxylation is 1. The van der Waals surface area contributed by atoms with Crippen molar-refractivity contribution < 1.29 is 14.3 Å².